The van der Waals surface area contributed by atoms with E-state index in [4.69, 9.17) is 16.7 Å². The number of benzene rings is 1. The number of hydrogen-bond donors (Lipinski definition) is 3. The van der Waals surface area contributed by atoms with Crippen LogP contribution < -0.4 is 10.6 Å². The first kappa shape index (κ1) is 15.2. The Morgan fingerprint density at radius 1 is 1.42 bits per heavy atom. The van der Waals surface area contributed by atoms with Crippen LogP contribution in [0.15, 0.2) is 18.2 Å². The van der Waals surface area contributed by atoms with E-state index in [0.717, 1.165) is 12.1 Å². The lowest BCUT2D eigenvalue weighted by Gasteiger charge is -2.14. The number of halogens is 2. The Labute approximate surface area is 114 Å². The van der Waals surface area contributed by atoms with Crippen LogP contribution in [-0.4, -0.2) is 23.1 Å². The van der Waals surface area contributed by atoms with Crippen molar-refractivity contribution in [3.63, 3.8) is 0 Å². The number of urea groups is 1. The molecule has 1 unspecified atom stereocenters. The predicted molar refractivity (Wildman–Crippen MR) is 69.9 cm³/mol. The Bertz CT molecular complexity index is 462. The average Bonchev–Trinajstić information content (AvgIpc) is 2.26. The standard InChI is InChI=1S/C12H14ClFN2O3/c1-2-3-10(11(17)18)16-12(19)15-9-5-7(13)4-8(14)6-9/h4-6,10H,2-3H2,1H3,(H,17,18)(H2,15,16,19). The maximum atomic E-state index is 13.0. The summed E-state index contributed by atoms with van der Waals surface area (Å²) < 4.78 is 13.0. The fraction of sp³-hybridized carbons (Fsp3) is 0.333. The number of carbonyl (C=O) groups is 2. The second-order valence-electron chi connectivity index (χ2n) is 3.94. The molecule has 0 saturated heterocycles. The molecule has 0 aliphatic carbocycles. The molecule has 0 radical (unpaired) electrons. The third-order valence-corrected chi connectivity index (χ3v) is 2.52. The highest BCUT2D eigenvalue weighted by molar-refractivity contribution is 6.30. The number of nitrogens with one attached hydrogen (secondary N) is 2. The minimum atomic E-state index is -1.12. The minimum absolute atomic E-state index is 0.138. The van der Waals surface area contributed by atoms with Gasteiger partial charge in [0.25, 0.3) is 0 Å². The Balaban J connectivity index is 2.66. The lowest BCUT2D eigenvalue weighted by molar-refractivity contribution is -0.139. The number of aliphatic carboxylic acids is 1. The Kier molecular flexibility index (Phi) is 5.57. The van der Waals surface area contributed by atoms with Crippen LogP contribution in [0.3, 0.4) is 0 Å². The van der Waals surface area contributed by atoms with Gasteiger partial charge in [-0.05, 0) is 24.6 Å². The van der Waals surface area contributed by atoms with Crippen LogP contribution >= 0.6 is 11.6 Å². The molecule has 7 heteroatoms. The van der Waals surface area contributed by atoms with Crippen molar-refractivity contribution in [2.75, 3.05) is 5.32 Å². The van der Waals surface area contributed by atoms with Gasteiger partial charge in [0.2, 0.25) is 0 Å². The fourth-order valence-electron chi connectivity index (χ4n) is 1.50. The van der Waals surface area contributed by atoms with Gasteiger partial charge in [-0.1, -0.05) is 24.9 Å². The van der Waals surface area contributed by atoms with E-state index in [9.17, 15) is 14.0 Å². The van der Waals surface area contributed by atoms with Crippen molar-refractivity contribution in [3.8, 4) is 0 Å². The highest BCUT2D eigenvalue weighted by Gasteiger charge is 2.18. The summed E-state index contributed by atoms with van der Waals surface area (Å²) in [7, 11) is 0. The molecular weight excluding hydrogens is 275 g/mol. The third kappa shape index (κ3) is 5.13. The summed E-state index contributed by atoms with van der Waals surface area (Å²) in [6.07, 6.45) is 0.926. The van der Waals surface area contributed by atoms with E-state index in [1.54, 1.807) is 0 Å². The molecule has 0 saturated carbocycles. The first-order valence-corrected chi connectivity index (χ1v) is 6.06. The zero-order valence-electron chi connectivity index (χ0n) is 10.2. The van der Waals surface area contributed by atoms with Crippen LogP contribution in [0.2, 0.25) is 5.02 Å². The van der Waals surface area contributed by atoms with E-state index in [1.807, 2.05) is 6.92 Å². The molecular formula is C12H14ClFN2O3. The minimum Gasteiger partial charge on any atom is -0.480 e. The summed E-state index contributed by atoms with van der Waals surface area (Å²) in [6, 6.07) is 1.85. The van der Waals surface area contributed by atoms with Crippen LogP contribution in [0.4, 0.5) is 14.9 Å². The number of rotatable bonds is 5. The lowest BCUT2D eigenvalue weighted by Crippen LogP contribution is -2.42. The van der Waals surface area contributed by atoms with Gasteiger partial charge >= 0.3 is 12.0 Å². The van der Waals surface area contributed by atoms with Gasteiger partial charge in [0.05, 0.1) is 0 Å². The van der Waals surface area contributed by atoms with E-state index in [-0.39, 0.29) is 10.7 Å². The van der Waals surface area contributed by atoms with Crippen LogP contribution in [-0.2, 0) is 4.79 Å². The van der Waals surface area contributed by atoms with Crippen LogP contribution in [0.1, 0.15) is 19.8 Å². The van der Waals surface area contributed by atoms with Crippen molar-refractivity contribution in [3.05, 3.63) is 29.0 Å². The van der Waals surface area contributed by atoms with Gasteiger partial charge in [0.1, 0.15) is 11.9 Å². The molecule has 0 bridgehead atoms. The molecule has 0 aliphatic rings. The molecule has 1 atom stereocenters. The lowest BCUT2D eigenvalue weighted by atomic mass is 10.2. The maximum absolute atomic E-state index is 13.0. The number of carbonyl (C=O) groups excluding carboxylic acids is 1. The first-order valence-electron chi connectivity index (χ1n) is 5.68. The van der Waals surface area contributed by atoms with E-state index in [0.29, 0.717) is 12.8 Å². The summed E-state index contributed by atoms with van der Waals surface area (Å²) in [5.41, 5.74) is 0.156. The van der Waals surface area contributed by atoms with E-state index < -0.39 is 23.9 Å². The van der Waals surface area contributed by atoms with Gasteiger partial charge in [-0.3, -0.25) is 0 Å². The van der Waals surface area contributed by atoms with Gasteiger partial charge in [-0.15, -0.1) is 0 Å². The quantitative estimate of drug-likeness (QED) is 0.779. The summed E-state index contributed by atoms with van der Waals surface area (Å²) in [6.45, 7) is 1.81. The zero-order valence-corrected chi connectivity index (χ0v) is 11.0. The summed E-state index contributed by atoms with van der Waals surface area (Å²) in [4.78, 5) is 22.4. The number of carboxylic acids is 1. The molecule has 0 fully saturated rings. The molecule has 2 amide bonds. The van der Waals surface area contributed by atoms with Crippen LogP contribution in [0.25, 0.3) is 0 Å². The molecule has 3 N–H and O–H groups in total. The largest absolute Gasteiger partial charge is 0.480 e. The molecule has 0 aliphatic heterocycles. The molecule has 0 aromatic heterocycles. The molecule has 19 heavy (non-hydrogen) atoms. The first-order chi connectivity index (χ1) is 8.92. The summed E-state index contributed by atoms with van der Waals surface area (Å²) in [5, 5.41) is 13.6. The smallest absolute Gasteiger partial charge is 0.326 e. The fourth-order valence-corrected chi connectivity index (χ4v) is 1.72. The van der Waals surface area contributed by atoms with Crippen LogP contribution in [0.5, 0.6) is 0 Å². The Morgan fingerprint density at radius 2 is 2.11 bits per heavy atom. The zero-order chi connectivity index (χ0) is 14.4. The van der Waals surface area contributed by atoms with Crippen molar-refractivity contribution >= 4 is 29.3 Å². The maximum Gasteiger partial charge on any atom is 0.326 e. The second-order valence-corrected chi connectivity index (χ2v) is 4.37. The van der Waals surface area contributed by atoms with Crippen molar-refractivity contribution in [2.45, 2.75) is 25.8 Å². The topological polar surface area (TPSA) is 78.4 Å². The molecule has 0 heterocycles. The monoisotopic (exact) mass is 288 g/mol. The van der Waals surface area contributed by atoms with E-state index >= 15 is 0 Å². The van der Waals surface area contributed by atoms with Crippen molar-refractivity contribution in [1.82, 2.24) is 5.32 Å². The Hall–Kier alpha value is -1.82. The number of amides is 2. The number of hydrogen-bond acceptors (Lipinski definition) is 2. The van der Waals surface area contributed by atoms with Gasteiger partial charge in [-0.2, -0.15) is 0 Å². The van der Waals surface area contributed by atoms with Gasteiger partial charge in [0.15, 0.2) is 0 Å². The Morgan fingerprint density at radius 3 is 2.63 bits per heavy atom. The number of anilines is 1. The summed E-state index contributed by atoms with van der Waals surface area (Å²) in [5.74, 6) is -1.71. The molecule has 1 rings (SSSR count). The SMILES string of the molecule is CCCC(NC(=O)Nc1cc(F)cc(Cl)c1)C(=O)O. The van der Waals surface area contributed by atoms with Gasteiger partial charge in [0, 0.05) is 10.7 Å². The third-order valence-electron chi connectivity index (χ3n) is 2.30. The normalized spacial score (nSPS) is 11.7. The molecule has 5 nitrogen and oxygen atoms in total. The van der Waals surface area contributed by atoms with Crippen molar-refractivity contribution in [2.24, 2.45) is 0 Å². The van der Waals surface area contributed by atoms with Gasteiger partial charge < -0.3 is 15.7 Å². The molecule has 1 aromatic rings. The summed E-state index contributed by atoms with van der Waals surface area (Å²) >= 11 is 5.63. The van der Waals surface area contributed by atoms with Gasteiger partial charge in [-0.25, -0.2) is 14.0 Å². The molecule has 104 valence electrons. The highest BCUT2D eigenvalue weighted by atomic mass is 35.5. The van der Waals surface area contributed by atoms with E-state index in [1.165, 1.54) is 6.07 Å². The number of carboxylic acid groups (broad SMARTS) is 1. The van der Waals surface area contributed by atoms with Crippen LogP contribution in [0, 0.1) is 5.82 Å². The molecule has 1 aromatic carbocycles. The van der Waals surface area contributed by atoms with Crippen molar-refractivity contribution < 1.29 is 19.1 Å². The highest BCUT2D eigenvalue weighted by Crippen LogP contribution is 2.17. The van der Waals surface area contributed by atoms with E-state index in [2.05, 4.69) is 10.6 Å². The average molecular weight is 289 g/mol. The molecule has 0 spiro atoms. The predicted octanol–water partition coefficient (Wildman–Crippen LogP) is 2.85. The second kappa shape index (κ2) is 6.94. The van der Waals surface area contributed by atoms with Crippen molar-refractivity contribution in [1.29, 1.82) is 0 Å².